The van der Waals surface area contributed by atoms with Crippen LogP contribution in [0.5, 0.6) is 0 Å². The van der Waals surface area contributed by atoms with Crippen LogP contribution in [0.1, 0.15) is 57.2 Å². The first-order valence-corrected chi connectivity index (χ1v) is 13.4. The Bertz CT molecular complexity index is 1240. The van der Waals surface area contributed by atoms with Gasteiger partial charge in [0.05, 0.1) is 29.6 Å². The summed E-state index contributed by atoms with van der Waals surface area (Å²) in [6.45, 7) is 2.85. The fourth-order valence-corrected chi connectivity index (χ4v) is 5.16. The molecular weight excluding hydrogens is 528 g/mol. The molecule has 1 aliphatic rings. The van der Waals surface area contributed by atoms with Gasteiger partial charge in [-0.1, -0.05) is 19.3 Å². The van der Waals surface area contributed by atoms with Crippen molar-refractivity contribution in [2.45, 2.75) is 68.7 Å². The molecule has 1 saturated carbocycles. The average Bonchev–Trinajstić information content (AvgIpc) is 2.82. The van der Waals surface area contributed by atoms with Gasteiger partial charge in [0.2, 0.25) is 10.8 Å². The SMILES string of the molecule is CC(C)(O)CN=C/C(=C\N)c1nc(Nc2ccc([S+](=O)(O)NC3CCCCC3)cc2F)ncc1C(F)(F)F. The van der Waals surface area contributed by atoms with E-state index in [-0.39, 0.29) is 34.7 Å². The van der Waals surface area contributed by atoms with Crippen LogP contribution in [0.2, 0.25) is 0 Å². The van der Waals surface area contributed by atoms with Gasteiger partial charge in [0.1, 0.15) is 5.56 Å². The lowest BCUT2D eigenvalue weighted by molar-refractivity contribution is -0.138. The Morgan fingerprint density at radius 3 is 2.53 bits per heavy atom. The molecule has 0 amide bonds. The van der Waals surface area contributed by atoms with Crippen molar-refractivity contribution in [1.29, 1.82) is 0 Å². The highest BCUT2D eigenvalue weighted by Crippen LogP contribution is 2.34. The summed E-state index contributed by atoms with van der Waals surface area (Å²) >= 11 is 0. The Balaban J connectivity index is 1.87. The summed E-state index contributed by atoms with van der Waals surface area (Å²) in [4.78, 5) is 11.3. The van der Waals surface area contributed by atoms with Crippen LogP contribution >= 0.6 is 0 Å². The Labute approximate surface area is 219 Å². The molecule has 1 aromatic carbocycles. The van der Waals surface area contributed by atoms with E-state index in [0.717, 1.165) is 50.6 Å². The molecule has 3 rings (SSSR count). The third kappa shape index (κ3) is 8.03. The number of rotatable bonds is 9. The maximum atomic E-state index is 14.9. The number of halogens is 4. The smallest absolute Gasteiger partial charge is 0.404 e. The lowest BCUT2D eigenvalue weighted by Gasteiger charge is -2.21. The maximum Gasteiger partial charge on any atom is 0.419 e. The van der Waals surface area contributed by atoms with Crippen LogP contribution in [-0.2, 0) is 20.8 Å². The third-order valence-corrected chi connectivity index (χ3v) is 7.24. The highest BCUT2D eigenvalue weighted by molar-refractivity contribution is 7.95. The molecule has 208 valence electrons. The summed E-state index contributed by atoms with van der Waals surface area (Å²) < 4.78 is 81.7. The van der Waals surface area contributed by atoms with Gasteiger partial charge in [-0.15, -0.1) is 4.72 Å². The number of alkyl halides is 3. The number of aromatic nitrogens is 2. The van der Waals surface area contributed by atoms with E-state index < -0.39 is 39.3 Å². The summed E-state index contributed by atoms with van der Waals surface area (Å²) in [6.07, 6.45) is 2.05. The standard InChI is InChI=1S/C24H30F4N6O3S/c1-23(2,35)14-30-12-15(11-29)21-18(24(26,27)28)13-31-22(33-21)32-20-9-8-17(10-19(20)25)38(36,37)34-16-6-4-3-5-7-16/h8-13,16,35H,3-7,14,29H2,1-2H3,(H2-,31,32,33,34,36,37)/p+1/b15-11+,30-12?. The van der Waals surface area contributed by atoms with E-state index in [1.165, 1.54) is 26.0 Å². The summed E-state index contributed by atoms with van der Waals surface area (Å²) in [6, 6.07) is 3.13. The molecule has 38 heavy (non-hydrogen) atoms. The highest BCUT2D eigenvalue weighted by atomic mass is 32.3. The van der Waals surface area contributed by atoms with Gasteiger partial charge in [-0.05, 0) is 37.0 Å². The van der Waals surface area contributed by atoms with E-state index in [1.807, 2.05) is 0 Å². The molecule has 2 aromatic rings. The van der Waals surface area contributed by atoms with E-state index in [4.69, 9.17) is 5.73 Å². The van der Waals surface area contributed by atoms with Gasteiger partial charge >= 0.3 is 16.6 Å². The third-order valence-electron chi connectivity index (χ3n) is 5.69. The Morgan fingerprint density at radius 1 is 1.26 bits per heavy atom. The number of aliphatic hydroxyl groups is 1. The number of anilines is 2. The molecule has 9 nitrogen and oxygen atoms in total. The van der Waals surface area contributed by atoms with Crippen molar-refractivity contribution in [3.05, 3.63) is 47.7 Å². The van der Waals surface area contributed by atoms with Crippen LogP contribution in [0.25, 0.3) is 5.57 Å². The van der Waals surface area contributed by atoms with Crippen LogP contribution in [-0.4, -0.2) is 44.0 Å². The molecule has 0 aliphatic heterocycles. The number of allylic oxidation sites excluding steroid dienone is 1. The van der Waals surface area contributed by atoms with Gasteiger partial charge in [0.25, 0.3) is 0 Å². The monoisotopic (exact) mass is 559 g/mol. The minimum absolute atomic E-state index is 0.108. The highest BCUT2D eigenvalue weighted by Gasteiger charge is 2.36. The number of nitrogens with zero attached hydrogens (tertiary/aromatic N) is 3. The van der Waals surface area contributed by atoms with Gasteiger partial charge in [-0.25, -0.2) is 14.4 Å². The van der Waals surface area contributed by atoms with Crippen molar-refractivity contribution in [1.82, 2.24) is 14.7 Å². The van der Waals surface area contributed by atoms with Gasteiger partial charge in [0.15, 0.2) is 5.82 Å². The molecule has 1 aliphatic carbocycles. The molecule has 0 spiro atoms. The zero-order chi connectivity index (χ0) is 28.1. The summed E-state index contributed by atoms with van der Waals surface area (Å²) in [5, 5.41) is 12.3. The number of aliphatic imine (C=N–C) groups is 1. The van der Waals surface area contributed by atoms with E-state index in [2.05, 4.69) is 25.0 Å². The quantitative estimate of drug-likeness (QED) is 0.170. The van der Waals surface area contributed by atoms with Crippen LogP contribution in [0, 0.1) is 5.82 Å². The summed E-state index contributed by atoms with van der Waals surface area (Å²) in [5.41, 5.74) is 2.12. The van der Waals surface area contributed by atoms with Gasteiger partial charge < -0.3 is 16.2 Å². The second-order valence-corrected chi connectivity index (χ2v) is 11.4. The van der Waals surface area contributed by atoms with Gasteiger partial charge in [-0.2, -0.15) is 17.7 Å². The summed E-state index contributed by atoms with van der Waals surface area (Å²) in [7, 11) is -3.71. The Hall–Kier alpha value is -2.94. The second-order valence-electron chi connectivity index (χ2n) is 9.60. The fourth-order valence-electron chi connectivity index (χ4n) is 3.82. The first kappa shape index (κ1) is 29.6. The predicted octanol–water partition coefficient (Wildman–Crippen LogP) is 4.69. The average molecular weight is 560 g/mol. The second kappa shape index (κ2) is 11.8. The molecule has 1 unspecified atom stereocenters. The number of hydrogen-bond acceptors (Lipinski definition) is 7. The molecule has 0 radical (unpaired) electrons. The van der Waals surface area contributed by atoms with Crippen LogP contribution < -0.4 is 15.8 Å². The summed E-state index contributed by atoms with van der Waals surface area (Å²) in [5.74, 6) is -1.30. The van der Waals surface area contributed by atoms with Crippen molar-refractivity contribution < 1.29 is 31.4 Å². The molecule has 1 aromatic heterocycles. The van der Waals surface area contributed by atoms with Crippen LogP contribution in [0.4, 0.5) is 29.2 Å². The zero-order valence-electron chi connectivity index (χ0n) is 20.9. The van der Waals surface area contributed by atoms with E-state index in [9.17, 15) is 31.4 Å². The largest absolute Gasteiger partial charge is 0.419 e. The lowest BCUT2D eigenvalue weighted by Crippen LogP contribution is -2.40. The molecular formula is C24H31F4N6O3S+. The van der Waals surface area contributed by atoms with Crippen molar-refractivity contribution >= 4 is 33.8 Å². The molecule has 0 bridgehead atoms. The van der Waals surface area contributed by atoms with Gasteiger partial charge in [-0.3, -0.25) is 4.99 Å². The molecule has 1 atom stereocenters. The van der Waals surface area contributed by atoms with Crippen molar-refractivity contribution in [2.75, 3.05) is 11.9 Å². The van der Waals surface area contributed by atoms with E-state index >= 15 is 0 Å². The zero-order valence-corrected chi connectivity index (χ0v) is 21.7. The molecule has 1 fully saturated rings. The van der Waals surface area contributed by atoms with E-state index in [1.54, 1.807) is 0 Å². The first-order chi connectivity index (χ1) is 17.7. The number of benzene rings is 1. The Kier molecular flexibility index (Phi) is 9.23. The maximum absolute atomic E-state index is 14.9. The number of nitrogens with two attached hydrogens (primary N) is 1. The first-order valence-electron chi connectivity index (χ1n) is 11.9. The fraction of sp³-hybridized carbons (Fsp3) is 0.458. The minimum Gasteiger partial charge on any atom is -0.404 e. The van der Waals surface area contributed by atoms with E-state index in [0.29, 0.717) is 6.20 Å². The topological polar surface area (TPSA) is 146 Å². The lowest BCUT2D eigenvalue weighted by atomic mass is 9.96. The Morgan fingerprint density at radius 2 is 1.95 bits per heavy atom. The van der Waals surface area contributed by atoms with Gasteiger partial charge in [0, 0.05) is 36.3 Å². The number of nitrogens with one attached hydrogen (secondary N) is 2. The molecule has 6 N–H and O–H groups in total. The molecule has 14 heteroatoms. The van der Waals surface area contributed by atoms with Crippen LogP contribution in [0.3, 0.4) is 0 Å². The van der Waals surface area contributed by atoms with Crippen molar-refractivity contribution in [2.24, 2.45) is 10.7 Å². The number of hydrogen-bond donors (Lipinski definition) is 5. The minimum atomic E-state index is -4.83. The predicted molar refractivity (Wildman–Crippen MR) is 137 cm³/mol. The van der Waals surface area contributed by atoms with Crippen LogP contribution in [0.15, 0.2) is 40.5 Å². The van der Waals surface area contributed by atoms with Crippen molar-refractivity contribution in [3.63, 3.8) is 0 Å². The molecule has 1 heterocycles. The van der Waals surface area contributed by atoms with Crippen molar-refractivity contribution in [3.8, 4) is 0 Å². The molecule has 0 saturated heterocycles. The normalized spacial score (nSPS) is 17.5.